The molecular formula is C23H26N2O3. The van der Waals surface area contributed by atoms with Gasteiger partial charge in [-0.3, -0.25) is 0 Å². The fraction of sp³-hybridized carbons (Fsp3) is 0.391. The average molecular weight is 378 g/mol. The topological polar surface area (TPSA) is 86.3 Å². The second-order valence-electron chi connectivity index (χ2n) is 6.48. The molecule has 0 atom stereocenters. The quantitative estimate of drug-likeness (QED) is 0.591. The number of hydrogen-bond acceptors (Lipinski definition) is 5. The molecule has 0 bridgehead atoms. The zero-order chi connectivity index (χ0) is 20.4. The fourth-order valence-electron chi connectivity index (χ4n) is 2.77. The molecule has 0 aliphatic rings. The number of benzene rings is 2. The molecule has 2 aromatic carbocycles. The molecule has 0 aliphatic carbocycles. The van der Waals surface area contributed by atoms with Gasteiger partial charge in [-0.15, -0.1) is 0 Å². The predicted octanol–water partition coefficient (Wildman–Crippen LogP) is 4.95. The predicted molar refractivity (Wildman–Crippen MR) is 108 cm³/mol. The van der Waals surface area contributed by atoms with Gasteiger partial charge in [0, 0.05) is 5.56 Å². The van der Waals surface area contributed by atoms with Crippen molar-refractivity contribution < 1.29 is 14.6 Å². The van der Waals surface area contributed by atoms with Crippen molar-refractivity contribution in [1.29, 1.82) is 10.5 Å². The van der Waals surface area contributed by atoms with Crippen molar-refractivity contribution in [2.24, 2.45) is 0 Å². The fourth-order valence-corrected chi connectivity index (χ4v) is 2.77. The molecule has 0 amide bonds. The minimum absolute atomic E-state index is 0.0394. The lowest BCUT2D eigenvalue weighted by molar-refractivity contribution is 0.282. The second-order valence-corrected chi connectivity index (χ2v) is 6.48. The summed E-state index contributed by atoms with van der Waals surface area (Å²) in [5.74, 6) is 0.809. The number of aliphatic hydroxyl groups is 1. The Morgan fingerprint density at radius 3 is 2.04 bits per heavy atom. The SMILES string of the molecule is CCCCOc1cc(-c2ccc(CO)cc2)c(OCCCC)c(C#N)c1C#N. The Bertz CT molecular complexity index is 861. The summed E-state index contributed by atoms with van der Waals surface area (Å²) in [6.07, 6.45) is 3.65. The van der Waals surface area contributed by atoms with Gasteiger partial charge in [-0.05, 0) is 30.0 Å². The van der Waals surface area contributed by atoms with E-state index >= 15 is 0 Å². The van der Waals surface area contributed by atoms with Crippen LogP contribution >= 0.6 is 0 Å². The van der Waals surface area contributed by atoms with Crippen molar-refractivity contribution >= 4 is 0 Å². The summed E-state index contributed by atoms with van der Waals surface area (Å²) in [7, 11) is 0. The van der Waals surface area contributed by atoms with Gasteiger partial charge in [-0.1, -0.05) is 51.0 Å². The first-order chi connectivity index (χ1) is 13.7. The van der Waals surface area contributed by atoms with Crippen LogP contribution in [-0.4, -0.2) is 18.3 Å². The van der Waals surface area contributed by atoms with Gasteiger partial charge in [0.15, 0.2) is 0 Å². The summed E-state index contributed by atoms with van der Waals surface area (Å²) in [4.78, 5) is 0. The summed E-state index contributed by atoms with van der Waals surface area (Å²) in [5, 5.41) is 28.7. The number of unbranched alkanes of at least 4 members (excludes halogenated alkanes) is 2. The standard InChI is InChI=1S/C23H26N2O3/c1-3-5-11-27-22-13-19(18-9-7-17(16-26)8-10-18)23(28-12-6-4-2)21(15-25)20(22)14-24/h7-10,13,26H,3-6,11-12,16H2,1-2H3. The van der Waals surface area contributed by atoms with Crippen LogP contribution < -0.4 is 9.47 Å². The van der Waals surface area contributed by atoms with Crippen molar-refractivity contribution in [1.82, 2.24) is 0 Å². The minimum atomic E-state index is -0.0394. The van der Waals surface area contributed by atoms with Gasteiger partial charge in [0.1, 0.15) is 34.8 Å². The molecule has 0 heterocycles. The average Bonchev–Trinajstić information content (AvgIpc) is 2.74. The number of nitrogens with zero attached hydrogens (tertiary/aromatic N) is 2. The Kier molecular flexibility index (Phi) is 8.34. The van der Waals surface area contributed by atoms with E-state index in [0.29, 0.717) is 30.3 Å². The molecule has 0 fully saturated rings. The molecule has 0 spiro atoms. The lowest BCUT2D eigenvalue weighted by atomic mass is 9.96. The van der Waals surface area contributed by atoms with Crippen LogP contribution in [0.4, 0.5) is 0 Å². The van der Waals surface area contributed by atoms with Crippen molar-refractivity contribution in [2.75, 3.05) is 13.2 Å². The van der Waals surface area contributed by atoms with E-state index in [1.807, 2.05) is 24.3 Å². The zero-order valence-corrected chi connectivity index (χ0v) is 16.5. The van der Waals surface area contributed by atoms with Gasteiger partial charge in [-0.2, -0.15) is 10.5 Å². The molecular weight excluding hydrogens is 352 g/mol. The lowest BCUT2D eigenvalue weighted by Gasteiger charge is -2.17. The number of nitriles is 2. The number of hydrogen-bond donors (Lipinski definition) is 1. The van der Waals surface area contributed by atoms with E-state index in [4.69, 9.17) is 9.47 Å². The molecule has 0 saturated heterocycles. The van der Waals surface area contributed by atoms with E-state index in [9.17, 15) is 15.6 Å². The van der Waals surface area contributed by atoms with Gasteiger partial charge in [0.2, 0.25) is 0 Å². The molecule has 0 aromatic heterocycles. The largest absolute Gasteiger partial charge is 0.492 e. The molecule has 2 aromatic rings. The Morgan fingerprint density at radius 2 is 1.50 bits per heavy atom. The lowest BCUT2D eigenvalue weighted by Crippen LogP contribution is -2.05. The van der Waals surface area contributed by atoms with Crippen molar-refractivity contribution in [3.63, 3.8) is 0 Å². The van der Waals surface area contributed by atoms with E-state index in [0.717, 1.165) is 36.8 Å². The van der Waals surface area contributed by atoms with Gasteiger partial charge in [0.25, 0.3) is 0 Å². The van der Waals surface area contributed by atoms with E-state index in [-0.39, 0.29) is 17.7 Å². The van der Waals surface area contributed by atoms with E-state index in [1.165, 1.54) is 0 Å². The zero-order valence-electron chi connectivity index (χ0n) is 16.5. The first-order valence-electron chi connectivity index (χ1n) is 9.67. The first kappa shape index (κ1) is 21.3. The van der Waals surface area contributed by atoms with Gasteiger partial charge >= 0.3 is 0 Å². The maximum absolute atomic E-state index is 9.77. The van der Waals surface area contributed by atoms with Crippen LogP contribution in [0.25, 0.3) is 11.1 Å². The summed E-state index contributed by atoms with van der Waals surface area (Å²) in [6.45, 7) is 5.04. The molecule has 5 nitrogen and oxygen atoms in total. The van der Waals surface area contributed by atoms with Gasteiger partial charge in [-0.25, -0.2) is 0 Å². The van der Waals surface area contributed by atoms with E-state index < -0.39 is 0 Å². The van der Waals surface area contributed by atoms with Gasteiger partial charge < -0.3 is 14.6 Å². The number of aliphatic hydroxyl groups excluding tert-OH is 1. The number of rotatable bonds is 10. The molecule has 0 unspecified atom stereocenters. The number of ether oxygens (including phenoxy) is 2. The van der Waals surface area contributed by atoms with Crippen LogP contribution in [0.3, 0.4) is 0 Å². The summed E-state index contributed by atoms with van der Waals surface area (Å²) >= 11 is 0. The molecule has 28 heavy (non-hydrogen) atoms. The van der Waals surface area contributed by atoms with Crippen molar-refractivity contribution in [3.05, 3.63) is 47.0 Å². The Morgan fingerprint density at radius 1 is 0.893 bits per heavy atom. The Labute approximate surface area is 166 Å². The van der Waals surface area contributed by atoms with Gasteiger partial charge in [0.05, 0.1) is 19.8 Å². The van der Waals surface area contributed by atoms with E-state index in [2.05, 4.69) is 26.0 Å². The maximum atomic E-state index is 9.77. The monoisotopic (exact) mass is 378 g/mol. The van der Waals surface area contributed by atoms with Crippen LogP contribution in [0.2, 0.25) is 0 Å². The van der Waals surface area contributed by atoms with E-state index in [1.54, 1.807) is 6.07 Å². The molecule has 146 valence electrons. The smallest absolute Gasteiger partial charge is 0.146 e. The van der Waals surface area contributed by atoms with Crippen LogP contribution in [0.5, 0.6) is 11.5 Å². The summed E-state index contributed by atoms with van der Waals surface area (Å²) < 4.78 is 11.8. The highest BCUT2D eigenvalue weighted by Crippen LogP contribution is 2.40. The normalized spacial score (nSPS) is 10.2. The maximum Gasteiger partial charge on any atom is 0.146 e. The molecule has 5 heteroatoms. The highest BCUT2D eigenvalue weighted by molar-refractivity contribution is 5.79. The van der Waals surface area contributed by atoms with Crippen LogP contribution in [0, 0.1) is 22.7 Å². The molecule has 0 radical (unpaired) electrons. The molecule has 2 rings (SSSR count). The highest BCUT2D eigenvalue weighted by atomic mass is 16.5. The van der Waals surface area contributed by atoms with Crippen LogP contribution in [-0.2, 0) is 6.61 Å². The Balaban J connectivity index is 2.61. The summed E-state index contributed by atoms with van der Waals surface area (Å²) in [6, 6.07) is 13.4. The second kappa shape index (κ2) is 11.0. The van der Waals surface area contributed by atoms with Crippen LogP contribution in [0.1, 0.15) is 56.2 Å². The Hall–Kier alpha value is -3.02. The minimum Gasteiger partial charge on any atom is -0.492 e. The molecule has 0 aliphatic heterocycles. The summed E-state index contributed by atoms with van der Waals surface area (Å²) in [5.41, 5.74) is 2.76. The molecule has 0 saturated carbocycles. The van der Waals surface area contributed by atoms with Crippen molar-refractivity contribution in [3.8, 4) is 34.8 Å². The van der Waals surface area contributed by atoms with Crippen LogP contribution in [0.15, 0.2) is 30.3 Å². The third-order valence-electron chi connectivity index (χ3n) is 4.41. The van der Waals surface area contributed by atoms with Crippen molar-refractivity contribution in [2.45, 2.75) is 46.1 Å². The third-order valence-corrected chi connectivity index (χ3v) is 4.41. The first-order valence-corrected chi connectivity index (χ1v) is 9.67. The third kappa shape index (κ3) is 5.03. The molecule has 1 N–H and O–H groups in total. The highest BCUT2D eigenvalue weighted by Gasteiger charge is 2.21.